The number of carbonyl (C=O) groups is 1. The minimum Gasteiger partial charge on any atom is -0.488 e. The first-order valence-electron chi connectivity index (χ1n) is 8.40. The Hall–Kier alpha value is -3.02. The maximum atomic E-state index is 12.4. The molecule has 6 heteroatoms. The van der Waals surface area contributed by atoms with Gasteiger partial charge in [-0.1, -0.05) is 18.2 Å². The number of nitrogens with zero attached hydrogens (tertiary/aromatic N) is 2. The fourth-order valence-corrected chi connectivity index (χ4v) is 3.12. The van der Waals surface area contributed by atoms with Crippen LogP contribution < -0.4 is 10.1 Å². The van der Waals surface area contributed by atoms with Gasteiger partial charge in [0.2, 0.25) is 0 Å². The monoisotopic (exact) mass is 336 g/mol. The van der Waals surface area contributed by atoms with Crippen molar-refractivity contribution in [2.45, 2.75) is 18.9 Å². The van der Waals surface area contributed by atoms with Crippen LogP contribution in [0.5, 0.6) is 5.75 Å². The van der Waals surface area contributed by atoms with Crippen molar-refractivity contribution in [1.82, 2.24) is 20.1 Å². The van der Waals surface area contributed by atoms with Crippen LogP contribution in [0.25, 0.3) is 11.4 Å². The van der Waals surface area contributed by atoms with E-state index in [-0.39, 0.29) is 12.0 Å². The van der Waals surface area contributed by atoms with Crippen molar-refractivity contribution < 1.29 is 9.53 Å². The third-order valence-corrected chi connectivity index (χ3v) is 4.52. The van der Waals surface area contributed by atoms with Crippen LogP contribution in [0.1, 0.15) is 22.5 Å². The van der Waals surface area contributed by atoms with Gasteiger partial charge in [-0.15, -0.1) is 0 Å². The Morgan fingerprint density at radius 3 is 3.08 bits per heavy atom. The van der Waals surface area contributed by atoms with E-state index in [4.69, 9.17) is 4.74 Å². The minimum atomic E-state index is -0.171. The molecule has 0 bridgehead atoms. The topological polar surface area (TPSA) is 71.9 Å². The number of hydrogen-bond donors (Lipinski definition) is 2. The van der Waals surface area contributed by atoms with Crippen molar-refractivity contribution in [1.29, 1.82) is 0 Å². The number of fused-ring (bicyclic) bond motifs is 1. The van der Waals surface area contributed by atoms with Crippen LogP contribution in [0.15, 0.2) is 48.7 Å². The average molecular weight is 336 g/mol. The Morgan fingerprint density at radius 1 is 1.36 bits per heavy atom. The van der Waals surface area contributed by atoms with Crippen LogP contribution in [0.2, 0.25) is 0 Å². The van der Waals surface area contributed by atoms with E-state index in [1.54, 1.807) is 6.07 Å². The zero-order valence-corrected chi connectivity index (χ0v) is 14.0. The van der Waals surface area contributed by atoms with E-state index in [9.17, 15) is 4.79 Å². The number of carbonyl (C=O) groups excluding carboxylic acids is 1. The summed E-state index contributed by atoms with van der Waals surface area (Å²) in [7, 11) is 1.95. The molecule has 0 aliphatic carbocycles. The fraction of sp³-hybridized carbons (Fsp3) is 0.263. The number of aromatic amines is 1. The molecule has 2 N–H and O–H groups in total. The summed E-state index contributed by atoms with van der Waals surface area (Å²) < 4.78 is 7.92. The number of para-hydroxylation sites is 1. The highest BCUT2D eigenvalue weighted by atomic mass is 16.5. The smallest absolute Gasteiger partial charge is 0.269 e. The largest absolute Gasteiger partial charge is 0.488 e. The third kappa shape index (κ3) is 3.15. The van der Waals surface area contributed by atoms with E-state index in [0.717, 1.165) is 30.0 Å². The maximum absolute atomic E-state index is 12.4. The van der Waals surface area contributed by atoms with Gasteiger partial charge in [0.05, 0.1) is 12.2 Å². The first-order valence-corrected chi connectivity index (χ1v) is 8.40. The molecule has 4 rings (SSSR count). The Kier molecular flexibility index (Phi) is 4.01. The maximum Gasteiger partial charge on any atom is 0.269 e. The van der Waals surface area contributed by atoms with Gasteiger partial charge in [-0.05, 0) is 42.7 Å². The molecule has 0 fully saturated rings. The molecule has 1 atom stereocenters. The molecule has 3 aromatic rings. The lowest BCUT2D eigenvalue weighted by atomic mass is 10.0. The van der Waals surface area contributed by atoms with E-state index in [2.05, 4.69) is 21.6 Å². The summed E-state index contributed by atoms with van der Waals surface area (Å²) in [5.74, 6) is 0.746. The molecular weight excluding hydrogens is 316 g/mol. The standard InChI is InChI=1S/C19H20N4O2/c1-23-10-4-6-17(23)15-11-16(22-21-15)19(24)20-12-14-9-8-13-5-2-3-7-18(13)25-14/h2-7,10-11,14H,8-9,12H2,1H3,(H,20,24)(H,21,22)/t14-/m1/s1. The highest BCUT2D eigenvalue weighted by Gasteiger charge is 2.20. The minimum absolute atomic E-state index is 0.00545. The van der Waals surface area contributed by atoms with Gasteiger partial charge in [0, 0.05) is 13.2 Å². The van der Waals surface area contributed by atoms with Gasteiger partial charge in [0.15, 0.2) is 0 Å². The van der Waals surface area contributed by atoms with Crippen LogP contribution in [0.4, 0.5) is 0 Å². The molecule has 3 heterocycles. The highest BCUT2D eigenvalue weighted by Crippen LogP contribution is 2.26. The molecule has 0 saturated heterocycles. The molecule has 1 aliphatic heterocycles. The van der Waals surface area contributed by atoms with Gasteiger partial charge < -0.3 is 14.6 Å². The molecule has 1 aromatic carbocycles. The molecule has 1 aliphatic rings. The highest BCUT2D eigenvalue weighted by molar-refractivity contribution is 5.93. The van der Waals surface area contributed by atoms with E-state index in [1.807, 2.05) is 48.1 Å². The van der Waals surface area contributed by atoms with Gasteiger partial charge in [-0.2, -0.15) is 5.10 Å². The van der Waals surface area contributed by atoms with Gasteiger partial charge >= 0.3 is 0 Å². The van der Waals surface area contributed by atoms with Crippen molar-refractivity contribution in [2.24, 2.45) is 7.05 Å². The molecule has 25 heavy (non-hydrogen) atoms. The molecule has 2 aromatic heterocycles. The molecule has 0 saturated carbocycles. The number of H-pyrrole nitrogens is 1. The van der Waals surface area contributed by atoms with Crippen molar-refractivity contribution >= 4 is 5.91 Å². The Balaban J connectivity index is 1.37. The number of ether oxygens (including phenoxy) is 1. The Labute approximate surface area is 145 Å². The molecule has 0 radical (unpaired) electrons. The van der Waals surface area contributed by atoms with E-state index >= 15 is 0 Å². The van der Waals surface area contributed by atoms with Crippen LogP contribution in [0.3, 0.4) is 0 Å². The Bertz CT molecular complexity index is 896. The summed E-state index contributed by atoms with van der Waals surface area (Å²) >= 11 is 0. The predicted octanol–water partition coefficient (Wildman–Crippen LogP) is 2.54. The normalized spacial score (nSPS) is 16.1. The quantitative estimate of drug-likeness (QED) is 0.769. The van der Waals surface area contributed by atoms with Crippen molar-refractivity contribution in [2.75, 3.05) is 6.54 Å². The van der Waals surface area contributed by atoms with Crippen molar-refractivity contribution in [3.05, 3.63) is 59.9 Å². The summed E-state index contributed by atoms with van der Waals surface area (Å²) in [4.78, 5) is 12.4. The summed E-state index contributed by atoms with van der Waals surface area (Å²) in [5.41, 5.74) is 3.39. The number of aryl methyl sites for hydroxylation is 2. The SMILES string of the molecule is Cn1cccc1-c1cc(C(=O)NC[C@H]2CCc3ccccc3O2)[nH]n1. The van der Waals surface area contributed by atoms with Crippen molar-refractivity contribution in [3.63, 3.8) is 0 Å². The number of nitrogens with one attached hydrogen (secondary N) is 2. The molecule has 0 spiro atoms. The summed E-state index contributed by atoms with van der Waals surface area (Å²) in [6.07, 6.45) is 3.81. The van der Waals surface area contributed by atoms with Gasteiger partial charge in [0.1, 0.15) is 23.2 Å². The van der Waals surface area contributed by atoms with E-state index < -0.39 is 0 Å². The summed E-state index contributed by atoms with van der Waals surface area (Å²) in [6.45, 7) is 0.478. The molecule has 0 unspecified atom stereocenters. The van der Waals surface area contributed by atoms with Crippen molar-refractivity contribution in [3.8, 4) is 17.1 Å². The molecule has 6 nitrogen and oxygen atoms in total. The van der Waals surface area contributed by atoms with Crippen LogP contribution in [-0.4, -0.2) is 33.3 Å². The molecule has 128 valence electrons. The Morgan fingerprint density at radius 2 is 2.24 bits per heavy atom. The number of amides is 1. The number of hydrogen-bond acceptors (Lipinski definition) is 3. The second kappa shape index (κ2) is 6.47. The van der Waals surface area contributed by atoms with Crippen LogP contribution >= 0.6 is 0 Å². The second-order valence-corrected chi connectivity index (χ2v) is 6.27. The zero-order valence-electron chi connectivity index (χ0n) is 14.0. The lowest BCUT2D eigenvalue weighted by Crippen LogP contribution is -2.37. The number of rotatable bonds is 4. The first-order chi connectivity index (χ1) is 12.2. The van der Waals surface area contributed by atoms with Gasteiger partial charge in [0.25, 0.3) is 5.91 Å². The van der Waals surface area contributed by atoms with E-state index in [0.29, 0.717) is 12.2 Å². The van der Waals surface area contributed by atoms with Crippen LogP contribution in [0, 0.1) is 0 Å². The van der Waals surface area contributed by atoms with E-state index in [1.165, 1.54) is 5.56 Å². The van der Waals surface area contributed by atoms with Crippen LogP contribution in [-0.2, 0) is 13.5 Å². The third-order valence-electron chi connectivity index (χ3n) is 4.52. The second-order valence-electron chi connectivity index (χ2n) is 6.27. The predicted molar refractivity (Wildman–Crippen MR) is 94.5 cm³/mol. The lowest BCUT2D eigenvalue weighted by Gasteiger charge is -2.26. The lowest BCUT2D eigenvalue weighted by molar-refractivity contribution is 0.0913. The summed E-state index contributed by atoms with van der Waals surface area (Å²) in [6, 6.07) is 13.7. The molecule has 1 amide bonds. The van der Waals surface area contributed by atoms with Gasteiger partial charge in [-0.3, -0.25) is 9.89 Å². The summed E-state index contributed by atoms with van der Waals surface area (Å²) in [5, 5.41) is 9.97. The number of benzene rings is 1. The first kappa shape index (κ1) is 15.5. The number of aromatic nitrogens is 3. The average Bonchev–Trinajstić information content (AvgIpc) is 3.28. The fourth-order valence-electron chi connectivity index (χ4n) is 3.12. The molecular formula is C19H20N4O2. The zero-order chi connectivity index (χ0) is 17.2. The van der Waals surface area contributed by atoms with Gasteiger partial charge in [-0.25, -0.2) is 0 Å².